The van der Waals surface area contributed by atoms with Crippen molar-refractivity contribution in [2.24, 2.45) is 0 Å². The number of ether oxygens (including phenoxy) is 2. The van der Waals surface area contributed by atoms with Gasteiger partial charge in [0.05, 0.1) is 22.9 Å². The molecule has 0 spiro atoms. The standard InChI is InChI=1S/C26H22N2O4S/c1-16-7-12-21-18(15-16)13-14-28(21)25(29)23(24-27-20-5-3-4-6-22(20)33-24)32-19-10-8-17(9-11-19)26(30)31-2/h3-12,15,23H,13-14H2,1-2H3. The molecule has 4 aromatic rings. The van der Waals surface area contributed by atoms with E-state index in [1.165, 1.54) is 24.0 Å². The highest BCUT2D eigenvalue weighted by Gasteiger charge is 2.35. The van der Waals surface area contributed by atoms with Crippen LogP contribution in [0.3, 0.4) is 0 Å². The number of thiazole rings is 1. The van der Waals surface area contributed by atoms with Crippen molar-refractivity contribution in [3.63, 3.8) is 0 Å². The molecule has 0 radical (unpaired) electrons. The molecule has 1 atom stereocenters. The number of nitrogens with zero attached hydrogens (tertiary/aromatic N) is 2. The van der Waals surface area contributed by atoms with Crippen molar-refractivity contribution < 1.29 is 19.1 Å². The molecule has 0 saturated carbocycles. The predicted molar refractivity (Wildman–Crippen MR) is 128 cm³/mol. The van der Waals surface area contributed by atoms with E-state index in [2.05, 4.69) is 13.0 Å². The number of fused-ring (bicyclic) bond motifs is 2. The Hall–Kier alpha value is -3.71. The lowest BCUT2D eigenvalue weighted by Gasteiger charge is -2.24. The number of aromatic nitrogens is 1. The van der Waals surface area contributed by atoms with Gasteiger partial charge in [-0.05, 0) is 61.4 Å². The van der Waals surface area contributed by atoms with Crippen LogP contribution in [-0.2, 0) is 16.0 Å². The summed E-state index contributed by atoms with van der Waals surface area (Å²) < 4.78 is 12.0. The minimum Gasteiger partial charge on any atom is -0.473 e. The molecule has 1 unspecified atom stereocenters. The van der Waals surface area contributed by atoms with E-state index in [1.54, 1.807) is 29.2 Å². The summed E-state index contributed by atoms with van der Waals surface area (Å²) in [7, 11) is 1.34. The average Bonchev–Trinajstić information content (AvgIpc) is 3.45. The number of hydrogen-bond donors (Lipinski definition) is 0. The van der Waals surface area contributed by atoms with Crippen LogP contribution in [0, 0.1) is 6.92 Å². The second-order valence-corrected chi connectivity index (χ2v) is 8.97. The number of anilines is 1. The largest absolute Gasteiger partial charge is 0.473 e. The van der Waals surface area contributed by atoms with Gasteiger partial charge in [0.15, 0.2) is 0 Å². The van der Waals surface area contributed by atoms with Crippen LogP contribution in [0.25, 0.3) is 10.2 Å². The average molecular weight is 459 g/mol. The molecule has 33 heavy (non-hydrogen) atoms. The highest BCUT2D eigenvalue weighted by Crippen LogP contribution is 2.35. The van der Waals surface area contributed by atoms with Crippen LogP contribution in [0.4, 0.5) is 5.69 Å². The number of aryl methyl sites for hydroxylation is 1. The molecular weight excluding hydrogens is 436 g/mol. The second-order valence-electron chi connectivity index (χ2n) is 7.91. The van der Waals surface area contributed by atoms with Gasteiger partial charge in [0.2, 0.25) is 6.10 Å². The Labute approximate surface area is 195 Å². The molecule has 5 rings (SSSR count). The summed E-state index contributed by atoms with van der Waals surface area (Å²) in [5, 5.41) is 0.596. The van der Waals surface area contributed by atoms with Crippen LogP contribution in [0.15, 0.2) is 66.7 Å². The first-order chi connectivity index (χ1) is 16.0. The fourth-order valence-corrected chi connectivity index (χ4v) is 5.02. The number of hydrogen-bond acceptors (Lipinski definition) is 6. The molecule has 6 nitrogen and oxygen atoms in total. The third-order valence-electron chi connectivity index (χ3n) is 5.68. The molecule has 1 amide bonds. The predicted octanol–water partition coefficient (Wildman–Crippen LogP) is 5.10. The Morgan fingerprint density at radius 1 is 1.06 bits per heavy atom. The number of para-hydroxylation sites is 1. The SMILES string of the molecule is COC(=O)c1ccc(OC(C(=O)N2CCc3cc(C)ccc32)c2nc3ccccc3s2)cc1. The number of benzene rings is 3. The van der Waals surface area contributed by atoms with E-state index in [4.69, 9.17) is 14.5 Å². The van der Waals surface area contributed by atoms with Crippen molar-refractivity contribution in [1.29, 1.82) is 0 Å². The van der Waals surface area contributed by atoms with E-state index in [-0.39, 0.29) is 5.91 Å². The Kier molecular flexibility index (Phi) is 5.56. The molecule has 2 heterocycles. The van der Waals surface area contributed by atoms with Gasteiger partial charge in [0.1, 0.15) is 10.8 Å². The van der Waals surface area contributed by atoms with E-state index >= 15 is 0 Å². The van der Waals surface area contributed by atoms with Gasteiger partial charge in [-0.1, -0.05) is 29.8 Å². The number of rotatable bonds is 5. The molecule has 1 aliphatic heterocycles. The van der Waals surface area contributed by atoms with Gasteiger partial charge >= 0.3 is 5.97 Å². The molecule has 0 saturated heterocycles. The maximum Gasteiger partial charge on any atom is 0.337 e. The number of carbonyl (C=O) groups excluding carboxylic acids is 2. The van der Waals surface area contributed by atoms with E-state index in [9.17, 15) is 9.59 Å². The van der Waals surface area contributed by atoms with Crippen LogP contribution in [0.1, 0.15) is 32.6 Å². The van der Waals surface area contributed by atoms with Crippen LogP contribution in [-0.4, -0.2) is 30.5 Å². The van der Waals surface area contributed by atoms with Crippen molar-refractivity contribution in [3.8, 4) is 5.75 Å². The molecule has 1 aromatic heterocycles. The van der Waals surface area contributed by atoms with Gasteiger partial charge in [0, 0.05) is 12.2 Å². The lowest BCUT2D eigenvalue weighted by atomic mass is 10.1. The molecule has 0 aliphatic carbocycles. The summed E-state index contributed by atoms with van der Waals surface area (Å²) in [4.78, 5) is 32.0. The molecule has 0 bridgehead atoms. The van der Waals surface area contributed by atoms with Gasteiger partial charge in [-0.25, -0.2) is 9.78 Å². The van der Waals surface area contributed by atoms with Gasteiger partial charge < -0.3 is 14.4 Å². The number of methoxy groups -OCH3 is 1. The molecule has 3 aromatic carbocycles. The first-order valence-electron chi connectivity index (χ1n) is 10.6. The third-order valence-corrected chi connectivity index (χ3v) is 6.76. The van der Waals surface area contributed by atoms with Crippen LogP contribution < -0.4 is 9.64 Å². The Morgan fingerprint density at radius 2 is 1.85 bits per heavy atom. The summed E-state index contributed by atoms with van der Waals surface area (Å²) >= 11 is 1.45. The molecule has 0 fully saturated rings. The Balaban J connectivity index is 1.50. The van der Waals surface area contributed by atoms with Crippen molar-refractivity contribution >= 4 is 39.1 Å². The highest BCUT2D eigenvalue weighted by atomic mass is 32.1. The van der Waals surface area contributed by atoms with Crippen molar-refractivity contribution in [2.75, 3.05) is 18.6 Å². The van der Waals surface area contributed by atoms with E-state index in [0.717, 1.165) is 27.9 Å². The normalized spacial score (nSPS) is 13.6. The smallest absolute Gasteiger partial charge is 0.337 e. The fraction of sp³-hybridized carbons (Fsp3) is 0.192. The minimum absolute atomic E-state index is 0.159. The van der Waals surface area contributed by atoms with Gasteiger partial charge in [0.25, 0.3) is 5.91 Å². The Bertz CT molecular complexity index is 1310. The maximum absolute atomic E-state index is 13.8. The first kappa shape index (κ1) is 21.2. The first-order valence-corrected chi connectivity index (χ1v) is 11.5. The van der Waals surface area contributed by atoms with Gasteiger partial charge in [-0.2, -0.15) is 0 Å². The highest BCUT2D eigenvalue weighted by molar-refractivity contribution is 7.18. The molecular formula is C26H22N2O4S. The van der Waals surface area contributed by atoms with Crippen LogP contribution >= 0.6 is 11.3 Å². The zero-order valence-electron chi connectivity index (χ0n) is 18.3. The fourth-order valence-electron chi connectivity index (χ4n) is 4.03. The lowest BCUT2D eigenvalue weighted by Crippen LogP contribution is -2.36. The summed E-state index contributed by atoms with van der Waals surface area (Å²) in [6.07, 6.45) is -0.0954. The number of esters is 1. The number of carbonyl (C=O) groups is 2. The zero-order chi connectivity index (χ0) is 22.9. The van der Waals surface area contributed by atoms with E-state index in [0.29, 0.717) is 22.9 Å². The molecule has 1 aliphatic rings. The van der Waals surface area contributed by atoms with Crippen LogP contribution in [0.5, 0.6) is 5.75 Å². The quantitative estimate of drug-likeness (QED) is 0.389. The van der Waals surface area contributed by atoms with Crippen molar-refractivity contribution in [3.05, 3.63) is 88.4 Å². The number of amides is 1. The van der Waals surface area contributed by atoms with Gasteiger partial charge in [-0.3, -0.25) is 4.79 Å². The summed E-state index contributed by atoms with van der Waals surface area (Å²) in [6.45, 7) is 2.65. The zero-order valence-corrected chi connectivity index (χ0v) is 19.1. The Morgan fingerprint density at radius 3 is 2.61 bits per heavy atom. The third kappa shape index (κ3) is 4.07. The summed E-state index contributed by atoms with van der Waals surface area (Å²) in [6, 6.07) is 20.5. The summed E-state index contributed by atoms with van der Waals surface area (Å²) in [5.41, 5.74) is 4.50. The molecule has 166 valence electrons. The maximum atomic E-state index is 13.8. The molecule has 0 N–H and O–H groups in total. The van der Waals surface area contributed by atoms with Crippen molar-refractivity contribution in [1.82, 2.24) is 4.98 Å². The van der Waals surface area contributed by atoms with Crippen molar-refractivity contribution in [2.45, 2.75) is 19.4 Å². The summed E-state index contributed by atoms with van der Waals surface area (Å²) in [5.74, 6) is -0.110. The lowest BCUT2D eigenvalue weighted by molar-refractivity contribution is -0.125. The van der Waals surface area contributed by atoms with E-state index < -0.39 is 12.1 Å². The topological polar surface area (TPSA) is 68.7 Å². The van der Waals surface area contributed by atoms with E-state index in [1.807, 2.05) is 36.4 Å². The van der Waals surface area contributed by atoms with Gasteiger partial charge in [-0.15, -0.1) is 11.3 Å². The second kappa shape index (κ2) is 8.67. The monoisotopic (exact) mass is 458 g/mol. The van der Waals surface area contributed by atoms with Crippen LogP contribution in [0.2, 0.25) is 0 Å². The molecule has 7 heteroatoms. The minimum atomic E-state index is -0.904.